The number of benzene rings is 1. The summed E-state index contributed by atoms with van der Waals surface area (Å²) in [5, 5.41) is 20.3. The normalized spacial score (nSPS) is 16.6. The third-order valence-electron chi connectivity index (χ3n) is 4.26. The van der Waals surface area contributed by atoms with Crippen LogP contribution in [0.3, 0.4) is 0 Å². The Labute approximate surface area is 152 Å². The first-order valence-corrected chi connectivity index (χ1v) is 7.93. The maximum atomic E-state index is 13.1. The van der Waals surface area contributed by atoms with Gasteiger partial charge < -0.3 is 14.8 Å². The summed E-state index contributed by atoms with van der Waals surface area (Å²) in [6.07, 6.45) is 0.528. The molecule has 1 fully saturated rings. The summed E-state index contributed by atoms with van der Waals surface area (Å²) in [7, 11) is 0. The van der Waals surface area contributed by atoms with Gasteiger partial charge in [0.05, 0.1) is 29.3 Å². The Kier molecular flexibility index (Phi) is 4.74. The molecule has 1 aliphatic heterocycles. The molecule has 1 aromatic heterocycles. The highest BCUT2D eigenvalue weighted by molar-refractivity contribution is 5.92. The van der Waals surface area contributed by atoms with Crippen LogP contribution in [0.2, 0.25) is 0 Å². The van der Waals surface area contributed by atoms with E-state index in [1.807, 2.05) is 6.19 Å². The molecule has 27 heavy (non-hydrogen) atoms. The van der Waals surface area contributed by atoms with Gasteiger partial charge in [-0.2, -0.15) is 23.7 Å². The number of rotatable bonds is 3. The molecule has 1 amide bonds. The van der Waals surface area contributed by atoms with Crippen LogP contribution in [0.1, 0.15) is 17.5 Å². The van der Waals surface area contributed by atoms with E-state index in [9.17, 15) is 18.0 Å². The fraction of sp³-hybridized carbons (Fsp3) is 0.294. The van der Waals surface area contributed by atoms with Crippen LogP contribution in [0.5, 0.6) is 0 Å². The van der Waals surface area contributed by atoms with E-state index >= 15 is 0 Å². The predicted molar refractivity (Wildman–Crippen MR) is 87.2 cm³/mol. The lowest BCUT2D eigenvalue weighted by Crippen LogP contribution is -2.25. The van der Waals surface area contributed by atoms with E-state index in [0.717, 1.165) is 12.1 Å². The van der Waals surface area contributed by atoms with E-state index in [1.165, 1.54) is 34.1 Å². The summed E-state index contributed by atoms with van der Waals surface area (Å²) in [6.45, 7) is 0.835. The van der Waals surface area contributed by atoms with Crippen molar-refractivity contribution in [2.75, 3.05) is 18.4 Å². The fourth-order valence-electron chi connectivity index (χ4n) is 2.85. The largest absolute Gasteiger partial charge is 0.417 e. The van der Waals surface area contributed by atoms with Crippen molar-refractivity contribution < 1.29 is 18.0 Å². The lowest BCUT2D eigenvalue weighted by atomic mass is 10.1. The van der Waals surface area contributed by atoms with Crippen molar-refractivity contribution in [3.05, 3.63) is 41.9 Å². The minimum Gasteiger partial charge on any atom is -0.310 e. The number of halogens is 3. The summed E-state index contributed by atoms with van der Waals surface area (Å²) in [5.74, 6) is -0.455. The molecule has 1 aliphatic rings. The topological polar surface area (TPSA) is 97.7 Å². The van der Waals surface area contributed by atoms with Crippen LogP contribution in [-0.2, 0) is 11.0 Å². The van der Waals surface area contributed by atoms with E-state index in [0.29, 0.717) is 19.5 Å². The van der Waals surface area contributed by atoms with Gasteiger partial charge in [0.25, 0.3) is 0 Å². The van der Waals surface area contributed by atoms with Gasteiger partial charge in [-0.05, 0) is 24.6 Å². The standard InChI is InChI=1S/C17H13F3N6O/c18-17(19,20)14-5-13(2-1-11(14)6-21)26-8-15(23-10-26)24-16(27)12-3-4-25(7-12)9-22/h1-2,5,8,10,12H,3-4,7H2,(H,24,27)/t12-/m0/s1. The van der Waals surface area contributed by atoms with Crippen LogP contribution < -0.4 is 5.32 Å². The van der Waals surface area contributed by atoms with Gasteiger partial charge in [-0.25, -0.2) is 4.98 Å². The second-order valence-electron chi connectivity index (χ2n) is 6.03. The van der Waals surface area contributed by atoms with Gasteiger partial charge in [-0.15, -0.1) is 0 Å². The summed E-state index contributed by atoms with van der Waals surface area (Å²) in [5.41, 5.74) is -1.35. The fourth-order valence-corrected chi connectivity index (χ4v) is 2.85. The molecule has 0 bridgehead atoms. The molecule has 3 rings (SSSR count). The Morgan fingerprint density at radius 3 is 2.74 bits per heavy atom. The Balaban J connectivity index is 1.77. The number of carbonyl (C=O) groups excluding carboxylic acids is 1. The highest BCUT2D eigenvalue weighted by Gasteiger charge is 2.34. The van der Waals surface area contributed by atoms with Crippen molar-refractivity contribution in [1.82, 2.24) is 14.5 Å². The summed E-state index contributed by atoms with van der Waals surface area (Å²) >= 11 is 0. The molecule has 0 saturated carbocycles. The lowest BCUT2D eigenvalue weighted by Gasteiger charge is -2.11. The zero-order valence-corrected chi connectivity index (χ0v) is 13.9. The average Bonchev–Trinajstić information content (AvgIpc) is 3.29. The quantitative estimate of drug-likeness (QED) is 0.833. The van der Waals surface area contributed by atoms with Gasteiger partial charge in [0, 0.05) is 18.8 Å². The number of imidazole rings is 1. The van der Waals surface area contributed by atoms with Crippen molar-refractivity contribution in [3.63, 3.8) is 0 Å². The molecule has 1 N–H and O–H groups in total. The van der Waals surface area contributed by atoms with Crippen LogP contribution in [0.25, 0.3) is 5.69 Å². The number of aromatic nitrogens is 2. The number of nitrogens with zero attached hydrogens (tertiary/aromatic N) is 5. The number of carbonyl (C=O) groups is 1. The van der Waals surface area contributed by atoms with E-state index in [1.54, 1.807) is 0 Å². The highest BCUT2D eigenvalue weighted by atomic mass is 19.4. The molecule has 1 atom stereocenters. The van der Waals surface area contributed by atoms with Crippen LogP contribution in [-0.4, -0.2) is 33.4 Å². The number of nitriles is 2. The van der Waals surface area contributed by atoms with Crippen molar-refractivity contribution in [2.24, 2.45) is 5.92 Å². The molecule has 0 spiro atoms. The minimum atomic E-state index is -4.66. The second kappa shape index (κ2) is 7.00. The van der Waals surface area contributed by atoms with Crippen LogP contribution >= 0.6 is 0 Å². The van der Waals surface area contributed by atoms with Gasteiger partial charge in [0.2, 0.25) is 5.91 Å². The van der Waals surface area contributed by atoms with E-state index < -0.39 is 17.3 Å². The van der Waals surface area contributed by atoms with Crippen LogP contribution in [0, 0.1) is 28.7 Å². The number of amides is 1. The van der Waals surface area contributed by atoms with Gasteiger partial charge in [-0.3, -0.25) is 4.79 Å². The Morgan fingerprint density at radius 2 is 2.11 bits per heavy atom. The number of hydrogen-bond donors (Lipinski definition) is 1. The maximum absolute atomic E-state index is 13.1. The van der Waals surface area contributed by atoms with Crippen molar-refractivity contribution >= 4 is 11.7 Å². The van der Waals surface area contributed by atoms with E-state index in [2.05, 4.69) is 10.3 Å². The Morgan fingerprint density at radius 1 is 1.33 bits per heavy atom. The number of alkyl halides is 3. The third kappa shape index (κ3) is 3.85. The van der Waals surface area contributed by atoms with Gasteiger partial charge in [0.15, 0.2) is 12.0 Å². The second-order valence-corrected chi connectivity index (χ2v) is 6.03. The average molecular weight is 374 g/mol. The molecular weight excluding hydrogens is 361 g/mol. The Bertz CT molecular complexity index is 953. The first-order chi connectivity index (χ1) is 12.8. The van der Waals surface area contributed by atoms with Crippen molar-refractivity contribution in [1.29, 1.82) is 10.5 Å². The summed E-state index contributed by atoms with van der Waals surface area (Å²) in [4.78, 5) is 17.7. The predicted octanol–water partition coefficient (Wildman–Crippen LogP) is 2.50. The molecule has 2 aromatic rings. The Hall–Kier alpha value is -3.53. The molecule has 0 radical (unpaired) electrons. The molecule has 1 aromatic carbocycles. The third-order valence-corrected chi connectivity index (χ3v) is 4.26. The molecule has 7 nitrogen and oxygen atoms in total. The van der Waals surface area contributed by atoms with Crippen LogP contribution in [0.15, 0.2) is 30.7 Å². The number of hydrogen-bond acceptors (Lipinski definition) is 5. The zero-order chi connectivity index (χ0) is 19.6. The van der Waals surface area contributed by atoms with E-state index in [-0.39, 0.29) is 23.3 Å². The maximum Gasteiger partial charge on any atom is 0.417 e. The first kappa shape index (κ1) is 18.3. The van der Waals surface area contributed by atoms with Crippen molar-refractivity contribution in [2.45, 2.75) is 12.6 Å². The van der Waals surface area contributed by atoms with Gasteiger partial charge in [-0.1, -0.05) is 0 Å². The number of likely N-dealkylation sites (tertiary alicyclic amines) is 1. The molecule has 138 valence electrons. The monoisotopic (exact) mass is 374 g/mol. The number of nitrogens with one attached hydrogen (secondary N) is 1. The molecule has 0 aliphatic carbocycles. The molecule has 2 heterocycles. The van der Waals surface area contributed by atoms with Crippen molar-refractivity contribution in [3.8, 4) is 17.9 Å². The zero-order valence-electron chi connectivity index (χ0n) is 13.9. The highest BCUT2D eigenvalue weighted by Crippen LogP contribution is 2.33. The van der Waals surface area contributed by atoms with Gasteiger partial charge in [0.1, 0.15) is 6.33 Å². The molecule has 0 unspecified atom stereocenters. The SMILES string of the molecule is N#Cc1ccc(-n2cnc(NC(=O)[C@H]3CCN(C#N)C3)c2)cc1C(F)(F)F. The number of anilines is 1. The van der Waals surface area contributed by atoms with Crippen LogP contribution in [0.4, 0.5) is 19.0 Å². The summed E-state index contributed by atoms with van der Waals surface area (Å²) < 4.78 is 40.6. The lowest BCUT2D eigenvalue weighted by molar-refractivity contribution is -0.137. The van der Waals surface area contributed by atoms with Gasteiger partial charge >= 0.3 is 6.18 Å². The molecule has 1 saturated heterocycles. The molecule has 10 heteroatoms. The smallest absolute Gasteiger partial charge is 0.310 e. The van der Waals surface area contributed by atoms with E-state index in [4.69, 9.17) is 10.5 Å². The molecular formula is C17H13F3N6O. The summed E-state index contributed by atoms with van der Waals surface area (Å²) in [6, 6.07) is 4.83. The minimum absolute atomic E-state index is 0.158. The first-order valence-electron chi connectivity index (χ1n) is 7.93.